The monoisotopic (exact) mass is 320 g/mol. The van der Waals surface area contributed by atoms with Gasteiger partial charge in [0.05, 0.1) is 6.54 Å². The maximum absolute atomic E-state index is 11.9. The number of amides is 2. The minimum Gasteiger partial charge on any atom is -0.341 e. The van der Waals surface area contributed by atoms with Crippen LogP contribution in [-0.2, 0) is 19.2 Å². The fraction of sp³-hybridized carbons (Fsp3) is 0.529. The molecule has 1 unspecified atom stereocenters. The maximum atomic E-state index is 11.9. The number of carbonyl (C=O) groups is 4. The molecule has 0 spiro atoms. The summed E-state index contributed by atoms with van der Waals surface area (Å²) in [5.74, 6) is -1.93. The molecule has 2 N–H and O–H groups in total. The van der Waals surface area contributed by atoms with Crippen molar-refractivity contribution in [3.63, 3.8) is 0 Å². The summed E-state index contributed by atoms with van der Waals surface area (Å²) in [6.07, 6.45) is 8.86. The summed E-state index contributed by atoms with van der Waals surface area (Å²) in [7, 11) is 0. The van der Waals surface area contributed by atoms with Gasteiger partial charge < -0.3 is 10.6 Å². The largest absolute Gasteiger partial charge is 0.341 e. The number of ketones is 2. The molecule has 0 fully saturated rings. The zero-order chi connectivity index (χ0) is 17.2. The lowest BCUT2D eigenvalue weighted by atomic mass is 9.95. The molecule has 0 aromatic heterocycles. The van der Waals surface area contributed by atoms with E-state index >= 15 is 0 Å². The zero-order valence-electron chi connectivity index (χ0n) is 13.7. The van der Waals surface area contributed by atoms with Crippen molar-refractivity contribution in [2.45, 2.75) is 52.0 Å². The minimum absolute atomic E-state index is 0.162. The van der Waals surface area contributed by atoms with Crippen LogP contribution >= 0.6 is 0 Å². The molecule has 1 aliphatic carbocycles. The van der Waals surface area contributed by atoms with Crippen LogP contribution in [0.1, 0.15) is 46.0 Å². The van der Waals surface area contributed by atoms with E-state index in [-0.39, 0.29) is 18.7 Å². The van der Waals surface area contributed by atoms with Crippen molar-refractivity contribution in [1.29, 1.82) is 0 Å². The number of carbonyl (C=O) groups excluding carboxylic acids is 4. The van der Waals surface area contributed by atoms with E-state index in [9.17, 15) is 19.2 Å². The van der Waals surface area contributed by atoms with E-state index in [0.29, 0.717) is 12.8 Å². The van der Waals surface area contributed by atoms with Crippen molar-refractivity contribution in [2.24, 2.45) is 0 Å². The Kier molecular flexibility index (Phi) is 7.94. The average molecular weight is 320 g/mol. The predicted molar refractivity (Wildman–Crippen MR) is 86.6 cm³/mol. The summed E-state index contributed by atoms with van der Waals surface area (Å²) in [6, 6.07) is -0.680. The molecule has 1 atom stereocenters. The fourth-order valence-electron chi connectivity index (χ4n) is 2.24. The molecule has 0 saturated carbocycles. The number of Topliss-reactive ketones (excluding diaryl/α,β-unsaturated/α-hetero) is 2. The van der Waals surface area contributed by atoms with Crippen LogP contribution in [0.4, 0.5) is 0 Å². The van der Waals surface area contributed by atoms with Crippen molar-refractivity contribution in [3.8, 4) is 0 Å². The Bertz CT molecular complexity index is 535. The van der Waals surface area contributed by atoms with Crippen LogP contribution in [0.3, 0.4) is 0 Å². The lowest BCUT2D eigenvalue weighted by Gasteiger charge is -2.20. The van der Waals surface area contributed by atoms with E-state index in [1.165, 1.54) is 6.92 Å². The highest BCUT2D eigenvalue weighted by molar-refractivity contribution is 6.36. The van der Waals surface area contributed by atoms with E-state index in [1.54, 1.807) is 0 Å². The summed E-state index contributed by atoms with van der Waals surface area (Å²) in [5, 5.41) is 4.90. The second kappa shape index (κ2) is 9.71. The first-order valence-electron chi connectivity index (χ1n) is 7.92. The average Bonchev–Trinajstić information content (AvgIpc) is 2.55. The van der Waals surface area contributed by atoms with Crippen LogP contribution in [0.2, 0.25) is 0 Å². The first kappa shape index (κ1) is 18.8. The van der Waals surface area contributed by atoms with Crippen LogP contribution in [0.15, 0.2) is 23.8 Å². The summed E-state index contributed by atoms with van der Waals surface area (Å²) >= 11 is 0. The topological polar surface area (TPSA) is 92.3 Å². The standard InChI is InChI=1S/C17H24N2O4/c1-3-4-10-14(21)17(23)18-11-15(22)19-16(12(2)20)13-8-6-5-7-9-13/h5-6,8,16H,3-4,7,9-11H2,1-2H3,(H,18,23)(H,19,22). The molecule has 0 aromatic rings. The highest BCUT2D eigenvalue weighted by atomic mass is 16.2. The van der Waals surface area contributed by atoms with E-state index in [1.807, 2.05) is 25.2 Å². The van der Waals surface area contributed by atoms with E-state index < -0.39 is 23.6 Å². The third-order valence-corrected chi connectivity index (χ3v) is 3.55. The summed E-state index contributed by atoms with van der Waals surface area (Å²) < 4.78 is 0. The number of hydrogen-bond donors (Lipinski definition) is 2. The van der Waals surface area contributed by atoms with Gasteiger partial charge in [-0.05, 0) is 31.8 Å². The minimum atomic E-state index is -0.757. The van der Waals surface area contributed by atoms with Gasteiger partial charge in [0, 0.05) is 6.42 Å². The smallest absolute Gasteiger partial charge is 0.287 e. The number of unbranched alkanes of at least 4 members (excludes halogenated alkanes) is 1. The molecule has 23 heavy (non-hydrogen) atoms. The predicted octanol–water partition coefficient (Wildman–Crippen LogP) is 1.21. The number of rotatable bonds is 9. The molecular weight excluding hydrogens is 296 g/mol. The Balaban J connectivity index is 2.49. The van der Waals surface area contributed by atoms with Crippen molar-refractivity contribution in [3.05, 3.63) is 23.8 Å². The van der Waals surface area contributed by atoms with Gasteiger partial charge in [-0.1, -0.05) is 31.6 Å². The highest BCUT2D eigenvalue weighted by Crippen LogP contribution is 2.16. The molecule has 0 bridgehead atoms. The normalized spacial score (nSPS) is 14.6. The third kappa shape index (κ3) is 6.59. The Hall–Kier alpha value is -2.24. The van der Waals surface area contributed by atoms with Gasteiger partial charge in [0.2, 0.25) is 11.7 Å². The Morgan fingerprint density at radius 3 is 2.57 bits per heavy atom. The first-order chi connectivity index (χ1) is 11.0. The van der Waals surface area contributed by atoms with Gasteiger partial charge in [-0.15, -0.1) is 0 Å². The quantitative estimate of drug-likeness (QED) is 0.625. The van der Waals surface area contributed by atoms with E-state index in [0.717, 1.165) is 18.4 Å². The van der Waals surface area contributed by atoms with Gasteiger partial charge in [-0.25, -0.2) is 0 Å². The molecule has 6 heteroatoms. The molecule has 0 heterocycles. The second-order valence-electron chi connectivity index (χ2n) is 5.53. The molecule has 0 aliphatic heterocycles. The molecular formula is C17H24N2O4. The molecule has 0 aromatic carbocycles. The lowest BCUT2D eigenvalue weighted by molar-refractivity contribution is -0.138. The van der Waals surface area contributed by atoms with E-state index in [2.05, 4.69) is 10.6 Å². The van der Waals surface area contributed by atoms with Crippen molar-refractivity contribution < 1.29 is 19.2 Å². The first-order valence-corrected chi connectivity index (χ1v) is 7.92. The summed E-state index contributed by atoms with van der Waals surface area (Å²) in [6.45, 7) is 3.02. The summed E-state index contributed by atoms with van der Waals surface area (Å²) in [4.78, 5) is 46.7. The van der Waals surface area contributed by atoms with Crippen molar-refractivity contribution in [1.82, 2.24) is 10.6 Å². The van der Waals surface area contributed by atoms with Crippen LogP contribution in [-0.4, -0.2) is 36.0 Å². The number of nitrogens with one attached hydrogen (secondary N) is 2. The Morgan fingerprint density at radius 1 is 1.26 bits per heavy atom. The second-order valence-corrected chi connectivity index (χ2v) is 5.53. The zero-order valence-corrected chi connectivity index (χ0v) is 13.7. The molecule has 0 radical (unpaired) electrons. The fourth-order valence-corrected chi connectivity index (χ4v) is 2.24. The van der Waals surface area contributed by atoms with Gasteiger partial charge in [0.1, 0.15) is 6.04 Å². The molecule has 6 nitrogen and oxygen atoms in total. The number of allylic oxidation sites excluding steroid dienone is 3. The van der Waals surface area contributed by atoms with Gasteiger partial charge in [0.15, 0.2) is 5.78 Å². The van der Waals surface area contributed by atoms with Crippen molar-refractivity contribution >= 4 is 23.4 Å². The van der Waals surface area contributed by atoms with Crippen LogP contribution < -0.4 is 10.6 Å². The van der Waals surface area contributed by atoms with Crippen LogP contribution in [0, 0.1) is 0 Å². The van der Waals surface area contributed by atoms with E-state index in [4.69, 9.17) is 0 Å². The highest BCUT2D eigenvalue weighted by Gasteiger charge is 2.22. The van der Waals surface area contributed by atoms with Gasteiger partial charge in [-0.2, -0.15) is 0 Å². The lowest BCUT2D eigenvalue weighted by Crippen LogP contribution is -2.46. The summed E-state index contributed by atoms with van der Waals surface area (Å²) in [5.41, 5.74) is 0.846. The van der Waals surface area contributed by atoms with Crippen LogP contribution in [0.5, 0.6) is 0 Å². The maximum Gasteiger partial charge on any atom is 0.287 e. The molecule has 126 valence electrons. The van der Waals surface area contributed by atoms with Gasteiger partial charge >= 0.3 is 0 Å². The molecule has 2 amide bonds. The SMILES string of the molecule is CCCCC(=O)C(=O)NCC(=O)NC(C(C)=O)C1=CC=CCC1. The van der Waals surface area contributed by atoms with Crippen molar-refractivity contribution in [2.75, 3.05) is 6.54 Å². The number of hydrogen-bond acceptors (Lipinski definition) is 4. The molecule has 0 saturated heterocycles. The Morgan fingerprint density at radius 2 is 2.00 bits per heavy atom. The molecule has 1 aliphatic rings. The molecule has 1 rings (SSSR count). The third-order valence-electron chi connectivity index (χ3n) is 3.55. The van der Waals surface area contributed by atoms with Crippen LogP contribution in [0.25, 0.3) is 0 Å². The van der Waals surface area contributed by atoms with Gasteiger partial charge in [0.25, 0.3) is 5.91 Å². The van der Waals surface area contributed by atoms with Gasteiger partial charge in [-0.3, -0.25) is 19.2 Å². The Labute approximate surface area is 136 Å².